The van der Waals surface area contributed by atoms with Gasteiger partial charge in [0.25, 0.3) is 0 Å². The van der Waals surface area contributed by atoms with Crippen LogP contribution in [-0.4, -0.2) is 87.1 Å². The molecular formula is C44H50F2O14S2. The van der Waals surface area contributed by atoms with Crippen molar-refractivity contribution < 1.29 is 73.8 Å². The highest BCUT2D eigenvalue weighted by molar-refractivity contribution is 7.91. The molecule has 0 saturated heterocycles. The molecule has 336 valence electrons. The molecule has 0 spiro atoms. The third-order valence-corrected chi connectivity index (χ3v) is 11.4. The SMILES string of the molecule is CC(C)(C)OC(=O)c1cc(Oc2cc(F)ccc2S(C)(=O)=O)c2c(c1)OC(C)(CO)C2.CC(C)(C)OC(=O)c1cc(Oc2ccc(S(C)(=O)=O)c(F)c2)c2c(c1)OC(C)(CO)C2. The minimum absolute atomic E-state index is 0.0473. The van der Waals surface area contributed by atoms with Crippen LogP contribution in [-0.2, 0) is 42.0 Å². The second kappa shape index (κ2) is 17.1. The maximum atomic E-state index is 14.3. The highest BCUT2D eigenvalue weighted by Crippen LogP contribution is 2.45. The predicted molar refractivity (Wildman–Crippen MR) is 222 cm³/mol. The van der Waals surface area contributed by atoms with E-state index in [0.29, 0.717) is 29.0 Å². The summed E-state index contributed by atoms with van der Waals surface area (Å²) in [5, 5.41) is 19.4. The molecule has 0 radical (unpaired) electrons. The van der Waals surface area contributed by atoms with Gasteiger partial charge in [-0.2, -0.15) is 0 Å². The maximum Gasteiger partial charge on any atom is 0.338 e. The number of hydrogen-bond acceptors (Lipinski definition) is 14. The number of aliphatic hydroxyl groups excluding tert-OH is 2. The Kier molecular flexibility index (Phi) is 13.2. The summed E-state index contributed by atoms with van der Waals surface area (Å²) >= 11 is 0. The summed E-state index contributed by atoms with van der Waals surface area (Å²) in [4.78, 5) is 24.6. The number of carbonyl (C=O) groups is 2. The summed E-state index contributed by atoms with van der Waals surface area (Å²) in [5.41, 5.74) is -1.93. The molecule has 2 aliphatic heterocycles. The summed E-state index contributed by atoms with van der Waals surface area (Å²) in [6, 6.07) is 12.4. The van der Waals surface area contributed by atoms with Gasteiger partial charge in [0.2, 0.25) is 0 Å². The molecule has 0 amide bonds. The number of aliphatic hydroxyl groups is 2. The molecule has 18 heteroatoms. The zero-order chi connectivity index (χ0) is 46.4. The third-order valence-electron chi connectivity index (χ3n) is 9.14. The van der Waals surface area contributed by atoms with Gasteiger partial charge in [0, 0.05) is 48.6 Å². The predicted octanol–water partition coefficient (Wildman–Crippen LogP) is 7.33. The first-order valence-corrected chi connectivity index (χ1v) is 22.9. The van der Waals surface area contributed by atoms with Crippen LogP contribution in [0.1, 0.15) is 87.2 Å². The average Bonchev–Trinajstić information content (AvgIpc) is 3.66. The monoisotopic (exact) mass is 904 g/mol. The second-order valence-corrected chi connectivity index (χ2v) is 21.6. The Morgan fingerprint density at radius 2 is 1.08 bits per heavy atom. The van der Waals surface area contributed by atoms with Crippen molar-refractivity contribution in [3.63, 3.8) is 0 Å². The van der Waals surface area contributed by atoms with Crippen LogP contribution in [0.3, 0.4) is 0 Å². The van der Waals surface area contributed by atoms with Gasteiger partial charge < -0.3 is 38.6 Å². The van der Waals surface area contributed by atoms with Gasteiger partial charge in [0.05, 0.1) is 24.3 Å². The number of hydrogen-bond donors (Lipinski definition) is 2. The number of fused-ring (bicyclic) bond motifs is 2. The molecule has 2 atom stereocenters. The molecule has 2 unspecified atom stereocenters. The van der Waals surface area contributed by atoms with E-state index in [1.54, 1.807) is 55.4 Å². The lowest BCUT2D eigenvalue weighted by Crippen LogP contribution is -2.34. The zero-order valence-corrected chi connectivity index (χ0v) is 37.6. The molecule has 0 aromatic heterocycles. The highest BCUT2D eigenvalue weighted by Gasteiger charge is 2.39. The van der Waals surface area contributed by atoms with Crippen molar-refractivity contribution in [3.8, 4) is 34.5 Å². The molecule has 2 heterocycles. The fourth-order valence-electron chi connectivity index (χ4n) is 6.35. The molecule has 4 aromatic rings. The number of ether oxygens (including phenoxy) is 6. The Bertz CT molecular complexity index is 2630. The van der Waals surface area contributed by atoms with E-state index in [1.807, 2.05) is 0 Å². The summed E-state index contributed by atoms with van der Waals surface area (Å²) in [6.07, 6.45) is 2.44. The molecule has 4 aromatic carbocycles. The summed E-state index contributed by atoms with van der Waals surface area (Å²) in [6.45, 7) is 13.2. The second-order valence-electron chi connectivity index (χ2n) is 17.6. The van der Waals surface area contributed by atoms with Crippen LogP contribution in [0, 0.1) is 11.6 Å². The van der Waals surface area contributed by atoms with Crippen molar-refractivity contribution in [2.45, 2.75) is 100 Å². The molecule has 2 N–H and O–H groups in total. The van der Waals surface area contributed by atoms with E-state index in [0.717, 1.165) is 42.8 Å². The van der Waals surface area contributed by atoms with Crippen LogP contribution in [0.4, 0.5) is 8.78 Å². The van der Waals surface area contributed by atoms with Crippen molar-refractivity contribution in [2.24, 2.45) is 0 Å². The van der Waals surface area contributed by atoms with Crippen LogP contribution >= 0.6 is 0 Å². The topological polar surface area (TPSA) is 198 Å². The van der Waals surface area contributed by atoms with Crippen LogP contribution in [0.5, 0.6) is 34.5 Å². The van der Waals surface area contributed by atoms with Crippen molar-refractivity contribution >= 4 is 31.6 Å². The van der Waals surface area contributed by atoms with E-state index >= 15 is 0 Å². The first kappa shape index (κ1) is 47.7. The Labute approximate surface area is 359 Å². The maximum absolute atomic E-state index is 14.3. The van der Waals surface area contributed by atoms with E-state index in [4.69, 9.17) is 28.4 Å². The normalized spacial score (nSPS) is 18.3. The first-order valence-electron chi connectivity index (χ1n) is 19.2. The van der Waals surface area contributed by atoms with Crippen LogP contribution in [0.15, 0.2) is 70.5 Å². The molecule has 0 fully saturated rings. The van der Waals surface area contributed by atoms with Gasteiger partial charge in [0.1, 0.15) is 78.3 Å². The molecule has 6 rings (SSSR count). The van der Waals surface area contributed by atoms with Gasteiger partial charge in [0.15, 0.2) is 19.7 Å². The van der Waals surface area contributed by atoms with Crippen molar-refractivity contribution in [1.82, 2.24) is 0 Å². The first-order chi connectivity index (χ1) is 28.4. The van der Waals surface area contributed by atoms with Gasteiger partial charge in [-0.05, 0) is 104 Å². The van der Waals surface area contributed by atoms with Gasteiger partial charge in [-0.15, -0.1) is 0 Å². The largest absolute Gasteiger partial charge is 0.484 e. The molecule has 62 heavy (non-hydrogen) atoms. The fourth-order valence-corrected chi connectivity index (χ4v) is 7.86. The lowest BCUT2D eigenvalue weighted by Gasteiger charge is -2.21. The van der Waals surface area contributed by atoms with E-state index in [1.165, 1.54) is 30.3 Å². The number of esters is 2. The standard InChI is InChI=1S/2C22H25FO7S/c1-21(2,3)30-20(25)13-8-17(15-11-22(4,12-24)29-18(15)9-13)28-14-6-7-19(16(23)10-14)31(5,26)27;1-21(2,3)30-20(25)13-8-16(15-11-22(4,12-24)29-17(15)9-13)28-18-10-14(23)6-7-19(18)31(5,26)27/h2*6-10,24H,11-12H2,1-5H3. The molecular weight excluding hydrogens is 855 g/mol. The summed E-state index contributed by atoms with van der Waals surface area (Å²) < 4.78 is 110. The number of halogens is 2. The van der Waals surface area contributed by atoms with E-state index in [2.05, 4.69) is 0 Å². The Balaban J connectivity index is 0.000000234. The molecule has 2 aliphatic rings. The van der Waals surface area contributed by atoms with Gasteiger partial charge in [-0.1, -0.05) is 0 Å². The highest BCUT2D eigenvalue weighted by atomic mass is 32.2. The van der Waals surface area contributed by atoms with Crippen LogP contribution < -0.4 is 18.9 Å². The van der Waals surface area contributed by atoms with Gasteiger partial charge in [-0.25, -0.2) is 35.2 Å². The zero-order valence-electron chi connectivity index (χ0n) is 36.0. The van der Waals surface area contributed by atoms with Crippen molar-refractivity contribution in [2.75, 3.05) is 25.7 Å². The minimum Gasteiger partial charge on any atom is -0.484 e. The summed E-state index contributed by atoms with van der Waals surface area (Å²) in [7, 11) is -7.44. The fraction of sp³-hybridized carbons (Fsp3) is 0.409. The third kappa shape index (κ3) is 11.6. The van der Waals surface area contributed by atoms with E-state index < -0.39 is 70.5 Å². The van der Waals surface area contributed by atoms with Crippen molar-refractivity contribution in [1.29, 1.82) is 0 Å². The van der Waals surface area contributed by atoms with Crippen molar-refractivity contribution in [3.05, 3.63) is 94.6 Å². The van der Waals surface area contributed by atoms with Gasteiger partial charge >= 0.3 is 11.9 Å². The van der Waals surface area contributed by atoms with E-state index in [-0.39, 0.29) is 58.7 Å². The molecule has 0 bridgehead atoms. The molecule has 0 saturated carbocycles. The number of benzene rings is 4. The van der Waals surface area contributed by atoms with Crippen LogP contribution in [0.25, 0.3) is 0 Å². The number of carbonyl (C=O) groups excluding carboxylic acids is 2. The summed E-state index contributed by atoms with van der Waals surface area (Å²) in [5.74, 6) is -2.04. The minimum atomic E-state index is -3.73. The van der Waals surface area contributed by atoms with Crippen LogP contribution in [0.2, 0.25) is 0 Å². The number of rotatable bonds is 10. The Morgan fingerprint density at radius 3 is 1.48 bits per heavy atom. The average molecular weight is 905 g/mol. The molecule has 14 nitrogen and oxygen atoms in total. The Hall–Kier alpha value is -5.30. The lowest BCUT2D eigenvalue weighted by atomic mass is 9.98. The Morgan fingerprint density at radius 1 is 0.645 bits per heavy atom. The van der Waals surface area contributed by atoms with E-state index in [9.17, 15) is 45.4 Å². The quantitative estimate of drug-likeness (QED) is 0.119. The van der Waals surface area contributed by atoms with Gasteiger partial charge in [-0.3, -0.25) is 0 Å². The number of sulfone groups is 2. The lowest BCUT2D eigenvalue weighted by molar-refractivity contribution is 0.00557. The smallest absolute Gasteiger partial charge is 0.338 e. The molecule has 0 aliphatic carbocycles.